The zero-order valence-corrected chi connectivity index (χ0v) is 8.52. The molecule has 1 N–H and O–H groups in total. The van der Waals surface area contributed by atoms with E-state index in [0.29, 0.717) is 0 Å². The van der Waals surface area contributed by atoms with Crippen molar-refractivity contribution < 1.29 is 5.11 Å². The van der Waals surface area contributed by atoms with E-state index in [1.165, 1.54) is 30.8 Å². The maximum Gasteiger partial charge on any atom is 0.0774 e. The molecule has 1 saturated heterocycles. The van der Waals surface area contributed by atoms with Crippen LogP contribution in [0.1, 0.15) is 22.6 Å². The van der Waals surface area contributed by atoms with Crippen molar-refractivity contribution in [1.82, 2.24) is 4.90 Å². The van der Waals surface area contributed by atoms with Gasteiger partial charge in [0.15, 0.2) is 0 Å². The first-order valence-electron chi connectivity index (χ1n) is 4.79. The summed E-state index contributed by atoms with van der Waals surface area (Å²) in [6.07, 6.45) is 2.69. The molecular formula is C10H15NOS. The molecule has 1 fully saturated rings. The van der Waals surface area contributed by atoms with E-state index in [2.05, 4.69) is 11.0 Å². The first kappa shape index (κ1) is 9.19. The van der Waals surface area contributed by atoms with Crippen molar-refractivity contribution in [3.05, 3.63) is 21.9 Å². The smallest absolute Gasteiger partial charge is 0.0774 e. The fourth-order valence-electron chi connectivity index (χ4n) is 1.75. The quantitative estimate of drug-likeness (QED) is 0.799. The van der Waals surface area contributed by atoms with Crippen LogP contribution in [-0.4, -0.2) is 23.1 Å². The van der Waals surface area contributed by atoms with Crippen molar-refractivity contribution in [2.75, 3.05) is 13.1 Å². The SMILES string of the molecule is OCc1ccc(CN2CCCC2)s1. The topological polar surface area (TPSA) is 23.5 Å². The number of nitrogens with zero attached hydrogens (tertiary/aromatic N) is 1. The van der Waals surface area contributed by atoms with Gasteiger partial charge in [-0.3, -0.25) is 4.90 Å². The van der Waals surface area contributed by atoms with E-state index < -0.39 is 0 Å². The van der Waals surface area contributed by atoms with Gasteiger partial charge in [-0.15, -0.1) is 11.3 Å². The van der Waals surface area contributed by atoms with Gasteiger partial charge in [-0.2, -0.15) is 0 Å². The van der Waals surface area contributed by atoms with Gasteiger partial charge in [0.25, 0.3) is 0 Å². The monoisotopic (exact) mass is 197 g/mol. The zero-order valence-electron chi connectivity index (χ0n) is 7.70. The lowest BCUT2D eigenvalue weighted by Crippen LogP contribution is -2.17. The lowest BCUT2D eigenvalue weighted by molar-refractivity contribution is 0.285. The van der Waals surface area contributed by atoms with Crippen LogP contribution in [0.3, 0.4) is 0 Å². The van der Waals surface area contributed by atoms with Crippen molar-refractivity contribution in [1.29, 1.82) is 0 Å². The molecule has 1 aromatic rings. The number of aliphatic hydroxyl groups is 1. The van der Waals surface area contributed by atoms with E-state index in [1.54, 1.807) is 11.3 Å². The lowest BCUT2D eigenvalue weighted by atomic mass is 10.4. The molecule has 0 aromatic carbocycles. The second kappa shape index (κ2) is 4.22. The highest BCUT2D eigenvalue weighted by Crippen LogP contribution is 2.20. The average Bonchev–Trinajstić information content (AvgIpc) is 2.76. The Bertz CT molecular complexity index is 266. The third-order valence-electron chi connectivity index (χ3n) is 2.45. The normalized spacial score (nSPS) is 18.2. The largest absolute Gasteiger partial charge is 0.391 e. The second-order valence-electron chi connectivity index (χ2n) is 3.51. The zero-order chi connectivity index (χ0) is 9.10. The average molecular weight is 197 g/mol. The number of aliphatic hydroxyl groups excluding tert-OH is 1. The minimum absolute atomic E-state index is 0.185. The molecule has 2 rings (SSSR count). The van der Waals surface area contributed by atoms with E-state index in [0.717, 1.165) is 11.4 Å². The molecule has 2 heterocycles. The molecule has 1 aliphatic rings. The first-order valence-corrected chi connectivity index (χ1v) is 5.61. The number of thiophene rings is 1. The molecule has 0 amide bonds. The minimum atomic E-state index is 0.185. The van der Waals surface area contributed by atoms with Gasteiger partial charge in [0.05, 0.1) is 6.61 Å². The van der Waals surface area contributed by atoms with Gasteiger partial charge in [0.1, 0.15) is 0 Å². The minimum Gasteiger partial charge on any atom is -0.391 e. The van der Waals surface area contributed by atoms with Crippen molar-refractivity contribution in [3.8, 4) is 0 Å². The van der Waals surface area contributed by atoms with Gasteiger partial charge in [-0.05, 0) is 38.1 Å². The van der Waals surface area contributed by atoms with Crippen LogP contribution < -0.4 is 0 Å². The lowest BCUT2D eigenvalue weighted by Gasteiger charge is -2.12. The Labute approximate surface area is 82.8 Å². The standard InChI is InChI=1S/C10H15NOS/c12-8-10-4-3-9(13-10)7-11-5-1-2-6-11/h3-4,12H,1-2,5-8H2. The van der Waals surface area contributed by atoms with E-state index >= 15 is 0 Å². The highest BCUT2D eigenvalue weighted by atomic mass is 32.1. The van der Waals surface area contributed by atoms with Crippen molar-refractivity contribution in [2.45, 2.75) is 26.0 Å². The predicted molar refractivity (Wildman–Crippen MR) is 54.8 cm³/mol. The maximum atomic E-state index is 8.91. The summed E-state index contributed by atoms with van der Waals surface area (Å²) in [5, 5.41) is 8.91. The third-order valence-corrected chi connectivity index (χ3v) is 3.51. The summed E-state index contributed by atoms with van der Waals surface area (Å²) in [4.78, 5) is 4.94. The Morgan fingerprint density at radius 1 is 1.23 bits per heavy atom. The molecule has 0 unspecified atom stereocenters. The molecule has 0 atom stereocenters. The highest BCUT2D eigenvalue weighted by molar-refractivity contribution is 7.11. The van der Waals surface area contributed by atoms with Crippen molar-refractivity contribution in [3.63, 3.8) is 0 Å². The summed E-state index contributed by atoms with van der Waals surface area (Å²) < 4.78 is 0. The highest BCUT2D eigenvalue weighted by Gasteiger charge is 2.12. The van der Waals surface area contributed by atoms with Gasteiger partial charge < -0.3 is 5.11 Å². The number of rotatable bonds is 3. The molecule has 0 saturated carbocycles. The van der Waals surface area contributed by atoms with Gasteiger partial charge in [-0.1, -0.05) is 0 Å². The first-order chi connectivity index (χ1) is 6.38. The van der Waals surface area contributed by atoms with Gasteiger partial charge in [0, 0.05) is 16.3 Å². The fraction of sp³-hybridized carbons (Fsp3) is 0.600. The second-order valence-corrected chi connectivity index (χ2v) is 4.76. The van der Waals surface area contributed by atoms with Crippen LogP contribution in [0, 0.1) is 0 Å². The van der Waals surface area contributed by atoms with E-state index in [4.69, 9.17) is 5.11 Å². The molecular weight excluding hydrogens is 182 g/mol. The fourth-order valence-corrected chi connectivity index (χ4v) is 2.67. The maximum absolute atomic E-state index is 8.91. The van der Waals surface area contributed by atoms with Crippen LogP contribution in [0.5, 0.6) is 0 Å². The van der Waals surface area contributed by atoms with E-state index in [9.17, 15) is 0 Å². The molecule has 3 heteroatoms. The van der Waals surface area contributed by atoms with Crippen LogP contribution >= 0.6 is 11.3 Å². The Kier molecular flexibility index (Phi) is 2.98. The molecule has 0 spiro atoms. The Balaban J connectivity index is 1.92. The summed E-state index contributed by atoms with van der Waals surface area (Å²) in [6.45, 7) is 3.74. The van der Waals surface area contributed by atoms with Crippen molar-refractivity contribution in [2.24, 2.45) is 0 Å². The van der Waals surface area contributed by atoms with Gasteiger partial charge in [-0.25, -0.2) is 0 Å². The van der Waals surface area contributed by atoms with Crippen LogP contribution in [0.15, 0.2) is 12.1 Å². The summed E-state index contributed by atoms with van der Waals surface area (Å²) in [6, 6.07) is 4.16. The van der Waals surface area contributed by atoms with Gasteiger partial charge in [0.2, 0.25) is 0 Å². The third kappa shape index (κ3) is 2.30. The Morgan fingerprint density at radius 2 is 1.92 bits per heavy atom. The van der Waals surface area contributed by atoms with Crippen LogP contribution in [-0.2, 0) is 13.2 Å². The molecule has 0 aliphatic carbocycles. The summed E-state index contributed by atoms with van der Waals surface area (Å²) in [5.74, 6) is 0. The van der Waals surface area contributed by atoms with E-state index in [1.807, 2.05) is 6.07 Å². The molecule has 72 valence electrons. The Hall–Kier alpha value is -0.380. The van der Waals surface area contributed by atoms with Crippen LogP contribution in [0.2, 0.25) is 0 Å². The molecule has 1 aromatic heterocycles. The van der Waals surface area contributed by atoms with Gasteiger partial charge >= 0.3 is 0 Å². The molecule has 13 heavy (non-hydrogen) atoms. The number of likely N-dealkylation sites (tertiary alicyclic amines) is 1. The summed E-state index contributed by atoms with van der Waals surface area (Å²) in [5.41, 5.74) is 0. The van der Waals surface area contributed by atoms with Crippen molar-refractivity contribution >= 4 is 11.3 Å². The number of hydrogen-bond donors (Lipinski definition) is 1. The summed E-state index contributed by atoms with van der Waals surface area (Å²) >= 11 is 1.73. The van der Waals surface area contributed by atoms with E-state index in [-0.39, 0.29) is 6.61 Å². The molecule has 0 bridgehead atoms. The van der Waals surface area contributed by atoms with Crippen LogP contribution in [0.25, 0.3) is 0 Å². The molecule has 0 radical (unpaired) electrons. The predicted octanol–water partition coefficient (Wildman–Crippen LogP) is 1.84. The molecule has 2 nitrogen and oxygen atoms in total. The Morgan fingerprint density at radius 3 is 2.54 bits per heavy atom. The summed E-state index contributed by atoms with van der Waals surface area (Å²) in [7, 11) is 0. The molecule has 1 aliphatic heterocycles. The number of hydrogen-bond acceptors (Lipinski definition) is 3. The van der Waals surface area contributed by atoms with Crippen LogP contribution in [0.4, 0.5) is 0 Å².